The van der Waals surface area contributed by atoms with E-state index in [0.29, 0.717) is 0 Å². The highest BCUT2D eigenvalue weighted by atomic mass is 32.1. The normalized spacial score (nSPS) is 12.4. The highest BCUT2D eigenvalue weighted by molar-refractivity contribution is 7.26. The Hall–Kier alpha value is -6.49. The van der Waals surface area contributed by atoms with Gasteiger partial charge in [-0.2, -0.15) is 0 Å². The molecule has 0 saturated heterocycles. The summed E-state index contributed by atoms with van der Waals surface area (Å²) in [4.78, 5) is 7.83. The zero-order valence-corrected chi connectivity index (χ0v) is 28.2. The van der Waals surface area contributed by atoms with Gasteiger partial charge < -0.3 is 9.64 Å². The Bertz CT molecular complexity index is 2970. The fourth-order valence-electron chi connectivity index (χ4n) is 7.91. The second kappa shape index (κ2) is 11.0. The number of hydrogen-bond donors (Lipinski definition) is 0. The van der Waals surface area contributed by atoms with E-state index < -0.39 is 0 Å². The van der Waals surface area contributed by atoms with E-state index in [0.717, 1.165) is 50.7 Å². The van der Waals surface area contributed by atoms with E-state index in [1.165, 1.54) is 52.8 Å². The molecule has 2 aromatic heterocycles. The molecule has 0 unspecified atom stereocenters. The molecule has 51 heavy (non-hydrogen) atoms. The van der Waals surface area contributed by atoms with Gasteiger partial charge in [-0.05, 0) is 87.3 Å². The first-order valence-electron chi connectivity index (χ1n) is 17.2. The third-order valence-electron chi connectivity index (χ3n) is 10.2. The first-order valence-corrected chi connectivity index (χ1v) is 18.0. The summed E-state index contributed by atoms with van der Waals surface area (Å²) in [5.41, 5.74) is 8.56. The van der Waals surface area contributed by atoms with Gasteiger partial charge in [0.05, 0.1) is 22.6 Å². The summed E-state index contributed by atoms with van der Waals surface area (Å²) in [5, 5.41) is 8.65. The molecule has 8 aromatic carbocycles. The fourth-order valence-corrected chi connectivity index (χ4v) is 9.03. The SMILES string of the molecule is c1ccc2c(c1)Oc1ccccc1N2c1ccc(-c2cc(-c3cccc4ccccc34)c3ccc4sc5ccc6ccccc6c5c4c3n2)cc1. The lowest BCUT2D eigenvalue weighted by Gasteiger charge is -2.32. The van der Waals surface area contributed by atoms with Crippen LogP contribution in [0.2, 0.25) is 0 Å². The number of aromatic nitrogens is 1. The van der Waals surface area contributed by atoms with Gasteiger partial charge in [-0.15, -0.1) is 11.3 Å². The average Bonchev–Trinajstić information content (AvgIpc) is 3.59. The molecule has 4 heteroatoms. The van der Waals surface area contributed by atoms with Gasteiger partial charge in [0.1, 0.15) is 0 Å². The molecule has 11 rings (SSSR count). The van der Waals surface area contributed by atoms with Crippen LogP contribution >= 0.6 is 11.3 Å². The largest absolute Gasteiger partial charge is 0.453 e. The molecular weight excluding hydrogens is 641 g/mol. The Labute approximate surface area is 298 Å². The number of fused-ring (bicyclic) bond motifs is 10. The predicted octanol–water partition coefficient (Wildman–Crippen LogP) is 13.8. The molecule has 0 spiro atoms. The van der Waals surface area contributed by atoms with Crippen molar-refractivity contribution in [2.75, 3.05) is 4.90 Å². The number of para-hydroxylation sites is 4. The third-order valence-corrected chi connectivity index (χ3v) is 11.4. The van der Waals surface area contributed by atoms with Crippen molar-refractivity contribution in [3.05, 3.63) is 170 Å². The molecule has 0 N–H and O–H groups in total. The Kier molecular flexibility index (Phi) is 6.12. The molecular formula is C47H28N2OS. The van der Waals surface area contributed by atoms with Gasteiger partial charge in [0.15, 0.2) is 11.5 Å². The van der Waals surface area contributed by atoms with Crippen molar-refractivity contribution >= 4 is 81.0 Å². The number of pyridine rings is 1. The van der Waals surface area contributed by atoms with E-state index in [1.807, 2.05) is 35.6 Å². The van der Waals surface area contributed by atoms with E-state index in [1.54, 1.807) is 0 Å². The molecule has 0 radical (unpaired) electrons. The van der Waals surface area contributed by atoms with Crippen LogP contribution in [0, 0.1) is 0 Å². The topological polar surface area (TPSA) is 25.4 Å². The van der Waals surface area contributed by atoms with Crippen molar-refractivity contribution < 1.29 is 4.74 Å². The number of ether oxygens (including phenoxy) is 1. The lowest BCUT2D eigenvalue weighted by molar-refractivity contribution is 0.477. The molecule has 3 nitrogen and oxygen atoms in total. The standard InChI is InChI=1S/C47H28N2OS/c1-3-13-33-29(10-1)12-9-15-35(33)37-28-38(48-47-36(37)25-27-44-46(47)45-34-14-4-2-11-30(34)22-26-43(45)51-44)31-20-23-32(24-21-31)49-39-16-5-7-18-41(39)50-42-19-8-6-17-40(42)49/h1-28H. The zero-order valence-electron chi connectivity index (χ0n) is 27.4. The van der Waals surface area contributed by atoms with Gasteiger partial charge in [0, 0.05) is 36.8 Å². The van der Waals surface area contributed by atoms with Crippen LogP contribution in [0.25, 0.3) is 75.0 Å². The molecule has 1 aliphatic heterocycles. The molecule has 10 aromatic rings. The summed E-state index contributed by atoms with van der Waals surface area (Å²) in [6.45, 7) is 0. The highest BCUT2D eigenvalue weighted by Crippen LogP contribution is 2.50. The van der Waals surface area contributed by atoms with Crippen LogP contribution in [0.4, 0.5) is 17.1 Å². The Morgan fingerprint density at radius 3 is 1.88 bits per heavy atom. The average molecular weight is 669 g/mol. The Morgan fingerprint density at radius 2 is 1.10 bits per heavy atom. The number of nitrogens with zero attached hydrogens (tertiary/aromatic N) is 2. The predicted molar refractivity (Wildman–Crippen MR) is 215 cm³/mol. The summed E-state index contributed by atoms with van der Waals surface area (Å²) in [7, 11) is 0. The Balaban J connectivity index is 1.17. The van der Waals surface area contributed by atoms with E-state index in [9.17, 15) is 0 Å². The minimum absolute atomic E-state index is 0.843. The van der Waals surface area contributed by atoms with Crippen molar-refractivity contribution in [2.45, 2.75) is 0 Å². The van der Waals surface area contributed by atoms with Gasteiger partial charge >= 0.3 is 0 Å². The van der Waals surface area contributed by atoms with E-state index in [-0.39, 0.29) is 0 Å². The van der Waals surface area contributed by atoms with E-state index in [4.69, 9.17) is 9.72 Å². The minimum Gasteiger partial charge on any atom is -0.453 e. The zero-order chi connectivity index (χ0) is 33.5. The van der Waals surface area contributed by atoms with Gasteiger partial charge in [0.2, 0.25) is 0 Å². The van der Waals surface area contributed by atoms with Crippen molar-refractivity contribution in [1.29, 1.82) is 0 Å². The monoisotopic (exact) mass is 668 g/mol. The smallest absolute Gasteiger partial charge is 0.151 e. The van der Waals surface area contributed by atoms with Crippen molar-refractivity contribution in [1.82, 2.24) is 4.98 Å². The van der Waals surface area contributed by atoms with Crippen LogP contribution in [-0.2, 0) is 0 Å². The van der Waals surface area contributed by atoms with Gasteiger partial charge in [-0.1, -0.05) is 115 Å². The van der Waals surface area contributed by atoms with Crippen LogP contribution in [-0.4, -0.2) is 4.98 Å². The maximum absolute atomic E-state index is 6.28. The van der Waals surface area contributed by atoms with Crippen LogP contribution in [0.3, 0.4) is 0 Å². The van der Waals surface area contributed by atoms with Crippen molar-refractivity contribution in [2.24, 2.45) is 0 Å². The Morgan fingerprint density at radius 1 is 0.471 bits per heavy atom. The third kappa shape index (κ3) is 4.33. The van der Waals surface area contributed by atoms with Crippen LogP contribution in [0.1, 0.15) is 0 Å². The lowest BCUT2D eigenvalue weighted by Crippen LogP contribution is -2.15. The molecule has 3 heterocycles. The van der Waals surface area contributed by atoms with Crippen LogP contribution in [0.5, 0.6) is 11.5 Å². The van der Waals surface area contributed by atoms with E-state index in [2.05, 4.69) is 150 Å². The number of hydrogen-bond acceptors (Lipinski definition) is 4. The maximum Gasteiger partial charge on any atom is 0.151 e. The van der Waals surface area contributed by atoms with Gasteiger partial charge in [0.25, 0.3) is 0 Å². The molecule has 0 aliphatic carbocycles. The van der Waals surface area contributed by atoms with Gasteiger partial charge in [-0.25, -0.2) is 4.98 Å². The van der Waals surface area contributed by atoms with Crippen molar-refractivity contribution in [3.8, 4) is 33.9 Å². The summed E-state index contributed by atoms with van der Waals surface area (Å²) in [5.74, 6) is 1.69. The van der Waals surface area contributed by atoms with Gasteiger partial charge in [-0.3, -0.25) is 0 Å². The fraction of sp³-hybridized carbons (Fsp3) is 0. The minimum atomic E-state index is 0.843. The molecule has 0 atom stereocenters. The highest BCUT2D eigenvalue weighted by Gasteiger charge is 2.25. The van der Waals surface area contributed by atoms with Crippen LogP contribution < -0.4 is 9.64 Å². The molecule has 238 valence electrons. The number of benzene rings is 8. The summed E-state index contributed by atoms with van der Waals surface area (Å²) in [6, 6.07) is 60.6. The first-order chi connectivity index (χ1) is 25.3. The molecule has 0 amide bonds. The first kappa shape index (κ1) is 28.4. The number of thiophene rings is 1. The molecule has 0 saturated carbocycles. The van der Waals surface area contributed by atoms with E-state index >= 15 is 0 Å². The van der Waals surface area contributed by atoms with Crippen molar-refractivity contribution in [3.63, 3.8) is 0 Å². The summed E-state index contributed by atoms with van der Waals surface area (Å²) < 4.78 is 8.82. The maximum atomic E-state index is 6.28. The molecule has 0 fully saturated rings. The van der Waals surface area contributed by atoms with Crippen LogP contribution in [0.15, 0.2) is 170 Å². The molecule has 1 aliphatic rings. The quantitative estimate of drug-likeness (QED) is 0.187. The summed E-state index contributed by atoms with van der Waals surface area (Å²) in [6.07, 6.45) is 0. The number of anilines is 3. The second-order valence-electron chi connectivity index (χ2n) is 13.1. The lowest BCUT2D eigenvalue weighted by atomic mass is 9.92. The molecule has 0 bridgehead atoms. The second-order valence-corrected chi connectivity index (χ2v) is 14.2. The summed E-state index contributed by atoms with van der Waals surface area (Å²) >= 11 is 1.85. The number of rotatable bonds is 3.